The molecule has 0 radical (unpaired) electrons. The minimum atomic E-state index is -0.336. The second kappa shape index (κ2) is 8.56. The van der Waals surface area contributed by atoms with Gasteiger partial charge in [-0.25, -0.2) is 0 Å². The zero-order valence-corrected chi connectivity index (χ0v) is 14.6. The Kier molecular flexibility index (Phi) is 6.45. The fraction of sp³-hybridized carbons (Fsp3) is 0.471. The van der Waals surface area contributed by atoms with Gasteiger partial charge in [0.1, 0.15) is 12.6 Å². The van der Waals surface area contributed by atoms with E-state index in [4.69, 9.17) is 9.26 Å². The van der Waals surface area contributed by atoms with Gasteiger partial charge >= 0.3 is 0 Å². The van der Waals surface area contributed by atoms with Crippen molar-refractivity contribution in [2.45, 2.75) is 26.0 Å². The van der Waals surface area contributed by atoms with E-state index < -0.39 is 0 Å². The van der Waals surface area contributed by atoms with Gasteiger partial charge in [0.15, 0.2) is 5.82 Å². The Bertz CT molecular complexity index is 669. The Labute approximate surface area is 142 Å². The number of likely N-dealkylation sites (N-methyl/N-ethyl adjacent to an activating group) is 1. The monoisotopic (exact) mass is 332 g/mol. The Balaban J connectivity index is 1.93. The Hall–Kier alpha value is -2.25. The van der Waals surface area contributed by atoms with E-state index in [0.717, 1.165) is 11.1 Å². The summed E-state index contributed by atoms with van der Waals surface area (Å²) in [4.78, 5) is 18.6. The number of ether oxygens (including phenoxy) is 1. The first-order valence-electron chi connectivity index (χ1n) is 7.82. The van der Waals surface area contributed by atoms with Gasteiger partial charge in [0.25, 0.3) is 0 Å². The Morgan fingerprint density at radius 1 is 1.42 bits per heavy atom. The number of aryl methyl sites for hydroxylation is 1. The van der Waals surface area contributed by atoms with Crippen LogP contribution in [0.5, 0.6) is 0 Å². The highest BCUT2D eigenvalue weighted by Crippen LogP contribution is 2.19. The number of rotatable bonds is 8. The molecule has 130 valence electrons. The van der Waals surface area contributed by atoms with Gasteiger partial charge in [-0.05, 0) is 26.6 Å². The van der Waals surface area contributed by atoms with Gasteiger partial charge < -0.3 is 14.6 Å². The first-order valence-corrected chi connectivity index (χ1v) is 7.82. The summed E-state index contributed by atoms with van der Waals surface area (Å²) in [5.41, 5.74) is 2.10. The van der Waals surface area contributed by atoms with E-state index in [-0.39, 0.29) is 11.9 Å². The molecule has 24 heavy (non-hydrogen) atoms. The highest BCUT2D eigenvalue weighted by atomic mass is 16.5. The summed E-state index contributed by atoms with van der Waals surface area (Å²) in [6, 6.07) is 7.63. The lowest BCUT2D eigenvalue weighted by atomic mass is 10.0. The number of nitrogens with one attached hydrogen (secondary N) is 1. The van der Waals surface area contributed by atoms with Crippen molar-refractivity contribution in [2.75, 3.05) is 27.7 Å². The molecule has 7 nitrogen and oxygen atoms in total. The topological polar surface area (TPSA) is 80.5 Å². The van der Waals surface area contributed by atoms with E-state index in [9.17, 15) is 4.79 Å². The molecular weight excluding hydrogens is 308 g/mol. The molecule has 0 aliphatic carbocycles. The summed E-state index contributed by atoms with van der Waals surface area (Å²) in [5.74, 6) is 0.936. The largest absolute Gasteiger partial charge is 0.377 e. The van der Waals surface area contributed by atoms with E-state index in [1.54, 1.807) is 7.11 Å². The predicted octanol–water partition coefficient (Wildman–Crippen LogP) is 1.49. The molecule has 0 aliphatic heterocycles. The molecule has 1 aromatic heterocycles. The number of hydrogen-bond acceptors (Lipinski definition) is 6. The number of nitrogens with zero attached hydrogens (tertiary/aromatic N) is 3. The smallest absolute Gasteiger partial charge is 0.241 e. The van der Waals surface area contributed by atoms with Crippen LogP contribution in [0.1, 0.15) is 28.9 Å². The summed E-state index contributed by atoms with van der Waals surface area (Å²) >= 11 is 0. The van der Waals surface area contributed by atoms with Gasteiger partial charge in [-0.2, -0.15) is 4.98 Å². The number of aromatic nitrogens is 2. The van der Waals surface area contributed by atoms with Crippen LogP contribution in [0.15, 0.2) is 28.8 Å². The molecule has 2 rings (SSSR count). The average molecular weight is 332 g/mol. The van der Waals surface area contributed by atoms with Crippen LogP contribution in [0.4, 0.5) is 0 Å². The molecule has 0 saturated carbocycles. The SMILES string of the molecule is COCc1noc(CCNC(=O)[C@H](c2cccc(C)c2)N(C)C)n1. The third-order valence-electron chi connectivity index (χ3n) is 3.54. The molecular formula is C17H24N4O3. The lowest BCUT2D eigenvalue weighted by Crippen LogP contribution is -2.38. The fourth-order valence-corrected chi connectivity index (χ4v) is 2.49. The third kappa shape index (κ3) is 4.87. The maximum Gasteiger partial charge on any atom is 0.241 e. The molecule has 0 bridgehead atoms. The normalized spacial score (nSPS) is 12.4. The third-order valence-corrected chi connectivity index (χ3v) is 3.54. The van der Waals surface area contributed by atoms with E-state index >= 15 is 0 Å². The minimum Gasteiger partial charge on any atom is -0.377 e. The van der Waals surface area contributed by atoms with Gasteiger partial charge in [-0.15, -0.1) is 0 Å². The Morgan fingerprint density at radius 3 is 2.88 bits per heavy atom. The fourth-order valence-electron chi connectivity index (χ4n) is 2.49. The van der Waals surface area contributed by atoms with Gasteiger partial charge in [-0.1, -0.05) is 35.0 Å². The van der Waals surface area contributed by atoms with Gasteiger partial charge in [0.2, 0.25) is 11.8 Å². The first-order chi connectivity index (χ1) is 11.5. The molecule has 0 saturated heterocycles. The number of hydrogen-bond donors (Lipinski definition) is 1. The van der Waals surface area contributed by atoms with Gasteiger partial charge in [-0.3, -0.25) is 9.69 Å². The number of benzene rings is 1. The molecule has 1 amide bonds. The second-order valence-corrected chi connectivity index (χ2v) is 5.86. The molecule has 1 N–H and O–H groups in total. The van der Waals surface area contributed by atoms with Crippen LogP contribution in [0, 0.1) is 6.92 Å². The van der Waals surface area contributed by atoms with E-state index in [0.29, 0.717) is 31.3 Å². The predicted molar refractivity (Wildman–Crippen MR) is 89.3 cm³/mol. The van der Waals surface area contributed by atoms with Crippen molar-refractivity contribution in [3.8, 4) is 0 Å². The zero-order chi connectivity index (χ0) is 17.5. The van der Waals surface area contributed by atoms with Crippen LogP contribution in [0.3, 0.4) is 0 Å². The molecule has 0 unspecified atom stereocenters. The van der Waals surface area contributed by atoms with Crippen molar-refractivity contribution < 1.29 is 14.1 Å². The van der Waals surface area contributed by atoms with Crippen LogP contribution in [-0.4, -0.2) is 48.7 Å². The van der Waals surface area contributed by atoms with E-state index in [1.165, 1.54) is 0 Å². The van der Waals surface area contributed by atoms with Crippen LogP contribution >= 0.6 is 0 Å². The minimum absolute atomic E-state index is 0.0535. The zero-order valence-electron chi connectivity index (χ0n) is 14.6. The average Bonchev–Trinajstić information content (AvgIpc) is 2.95. The Morgan fingerprint density at radius 2 is 2.21 bits per heavy atom. The van der Waals surface area contributed by atoms with Gasteiger partial charge in [0.05, 0.1) is 0 Å². The maximum absolute atomic E-state index is 12.6. The summed E-state index contributed by atoms with van der Waals surface area (Å²) in [7, 11) is 5.35. The van der Waals surface area contributed by atoms with Crippen molar-refractivity contribution in [1.82, 2.24) is 20.4 Å². The highest BCUT2D eigenvalue weighted by molar-refractivity contribution is 5.83. The molecule has 2 aromatic rings. The van der Waals surface area contributed by atoms with Crippen molar-refractivity contribution in [1.29, 1.82) is 0 Å². The number of carbonyl (C=O) groups is 1. The summed E-state index contributed by atoms with van der Waals surface area (Å²) in [6.45, 7) is 2.76. The highest BCUT2D eigenvalue weighted by Gasteiger charge is 2.22. The van der Waals surface area contributed by atoms with Crippen LogP contribution < -0.4 is 5.32 Å². The summed E-state index contributed by atoms with van der Waals surface area (Å²) < 4.78 is 10.0. The van der Waals surface area contributed by atoms with E-state index in [1.807, 2.05) is 50.2 Å². The number of amides is 1. The van der Waals surface area contributed by atoms with Crippen molar-refractivity contribution in [3.63, 3.8) is 0 Å². The van der Waals surface area contributed by atoms with E-state index in [2.05, 4.69) is 15.5 Å². The lowest BCUT2D eigenvalue weighted by molar-refractivity contribution is -0.125. The molecule has 7 heteroatoms. The molecule has 1 aromatic carbocycles. The molecule has 0 fully saturated rings. The number of methoxy groups -OCH3 is 1. The lowest BCUT2D eigenvalue weighted by Gasteiger charge is -2.24. The van der Waals surface area contributed by atoms with Crippen molar-refractivity contribution >= 4 is 5.91 Å². The van der Waals surface area contributed by atoms with Gasteiger partial charge in [0, 0.05) is 20.1 Å². The molecule has 1 atom stereocenters. The standard InChI is InChI=1S/C17H24N4O3/c1-12-6-5-7-13(10-12)16(21(2)3)17(22)18-9-8-15-19-14(11-23-4)20-24-15/h5-7,10,16H,8-9,11H2,1-4H3,(H,18,22)/t16-/m0/s1. The first kappa shape index (κ1) is 18.1. The second-order valence-electron chi connectivity index (χ2n) is 5.86. The van der Waals surface area contributed by atoms with Crippen LogP contribution in [-0.2, 0) is 22.6 Å². The maximum atomic E-state index is 12.6. The summed E-state index contributed by atoms with van der Waals surface area (Å²) in [5, 5.41) is 6.72. The molecule has 0 spiro atoms. The quantitative estimate of drug-likeness (QED) is 0.789. The van der Waals surface area contributed by atoms with Crippen LogP contribution in [0.25, 0.3) is 0 Å². The molecule has 0 aliphatic rings. The summed E-state index contributed by atoms with van der Waals surface area (Å²) in [6.07, 6.45) is 0.483. The number of carbonyl (C=O) groups excluding carboxylic acids is 1. The van der Waals surface area contributed by atoms with Crippen LogP contribution in [0.2, 0.25) is 0 Å². The van der Waals surface area contributed by atoms with Crippen molar-refractivity contribution in [2.24, 2.45) is 0 Å². The van der Waals surface area contributed by atoms with Crippen molar-refractivity contribution in [3.05, 3.63) is 47.1 Å². The molecule has 1 heterocycles.